The second-order valence-corrected chi connectivity index (χ2v) is 13.3. The van der Waals surface area contributed by atoms with Gasteiger partial charge in [0.1, 0.15) is 0 Å². The quantitative estimate of drug-likeness (QED) is 0.320. The van der Waals surface area contributed by atoms with E-state index in [2.05, 4.69) is 54.6 Å². The van der Waals surface area contributed by atoms with Crippen LogP contribution in [-0.2, 0) is 26.7 Å². The molecule has 1 unspecified atom stereocenters. The lowest BCUT2D eigenvalue weighted by Gasteiger charge is -2.23. The SMILES string of the molecule is CC(C)(C)c1ccc(C(Cc2ccc(C(=O)NCCS(=O)(=O)O)cc2)C(=O)NC2=CC=C(C3=CN=CCC3)CC2)cc1. The van der Waals surface area contributed by atoms with Gasteiger partial charge in [0, 0.05) is 30.2 Å². The van der Waals surface area contributed by atoms with Crippen molar-refractivity contribution in [1.29, 1.82) is 0 Å². The number of allylic oxidation sites excluding steroid dienone is 5. The summed E-state index contributed by atoms with van der Waals surface area (Å²) in [5.41, 5.74) is 6.73. The molecule has 3 N–H and O–H groups in total. The van der Waals surface area contributed by atoms with Crippen molar-refractivity contribution in [3.63, 3.8) is 0 Å². The second-order valence-electron chi connectivity index (χ2n) is 11.8. The van der Waals surface area contributed by atoms with Gasteiger partial charge in [-0.3, -0.25) is 19.1 Å². The number of carbonyl (C=O) groups is 2. The Morgan fingerprint density at radius 2 is 1.67 bits per heavy atom. The monoisotopic (exact) mass is 589 g/mol. The predicted molar refractivity (Wildman–Crippen MR) is 166 cm³/mol. The van der Waals surface area contributed by atoms with Gasteiger partial charge >= 0.3 is 0 Å². The van der Waals surface area contributed by atoms with Crippen LogP contribution in [0.2, 0.25) is 0 Å². The van der Waals surface area contributed by atoms with E-state index in [1.807, 2.05) is 30.6 Å². The molecule has 1 aliphatic carbocycles. The lowest BCUT2D eigenvalue weighted by molar-refractivity contribution is -0.121. The molecule has 2 aromatic carbocycles. The van der Waals surface area contributed by atoms with E-state index in [-0.39, 0.29) is 17.9 Å². The summed E-state index contributed by atoms with van der Waals surface area (Å²) in [4.78, 5) is 30.4. The van der Waals surface area contributed by atoms with Gasteiger partial charge in [0.2, 0.25) is 5.91 Å². The molecule has 0 saturated heterocycles. The molecular weight excluding hydrogens is 550 g/mol. The molecule has 0 aromatic heterocycles. The fourth-order valence-corrected chi connectivity index (χ4v) is 5.36. The van der Waals surface area contributed by atoms with E-state index in [1.165, 1.54) is 16.7 Å². The van der Waals surface area contributed by atoms with Gasteiger partial charge in [0.05, 0.1) is 11.7 Å². The minimum atomic E-state index is -4.15. The minimum absolute atomic E-state index is 0.00983. The summed E-state index contributed by atoms with van der Waals surface area (Å²) in [5, 5.41) is 5.65. The molecule has 0 radical (unpaired) electrons. The van der Waals surface area contributed by atoms with Crippen molar-refractivity contribution in [2.75, 3.05) is 12.3 Å². The lowest BCUT2D eigenvalue weighted by Crippen LogP contribution is -2.31. The normalized spacial score (nSPS) is 16.1. The molecule has 0 saturated carbocycles. The van der Waals surface area contributed by atoms with Crippen molar-refractivity contribution >= 4 is 28.1 Å². The van der Waals surface area contributed by atoms with Crippen LogP contribution < -0.4 is 10.6 Å². The van der Waals surface area contributed by atoms with Crippen LogP contribution in [0.1, 0.15) is 79.4 Å². The van der Waals surface area contributed by atoms with Crippen molar-refractivity contribution in [2.45, 2.75) is 64.2 Å². The van der Waals surface area contributed by atoms with Gasteiger partial charge in [-0.2, -0.15) is 8.42 Å². The van der Waals surface area contributed by atoms with Crippen LogP contribution in [0.4, 0.5) is 0 Å². The van der Waals surface area contributed by atoms with Crippen LogP contribution in [0, 0.1) is 0 Å². The number of hydrogen-bond donors (Lipinski definition) is 3. The first-order valence-electron chi connectivity index (χ1n) is 14.2. The smallest absolute Gasteiger partial charge is 0.266 e. The van der Waals surface area contributed by atoms with Gasteiger partial charge in [-0.05, 0) is 83.6 Å². The largest absolute Gasteiger partial charge is 0.351 e. The first kappa shape index (κ1) is 31.1. The molecule has 42 heavy (non-hydrogen) atoms. The Bertz CT molecular complexity index is 1530. The third kappa shape index (κ3) is 8.84. The molecule has 9 heteroatoms. The van der Waals surface area contributed by atoms with E-state index in [9.17, 15) is 18.0 Å². The molecule has 4 rings (SSSR count). The summed E-state index contributed by atoms with van der Waals surface area (Å²) < 4.78 is 30.7. The fourth-order valence-electron chi connectivity index (χ4n) is 5.00. The highest BCUT2D eigenvalue weighted by molar-refractivity contribution is 7.85. The highest BCUT2D eigenvalue weighted by atomic mass is 32.2. The van der Waals surface area contributed by atoms with Gasteiger partial charge in [0.25, 0.3) is 16.0 Å². The Hall–Kier alpha value is -3.82. The molecule has 1 heterocycles. The van der Waals surface area contributed by atoms with Crippen molar-refractivity contribution < 1.29 is 22.6 Å². The molecule has 0 fully saturated rings. The number of amides is 2. The zero-order chi connectivity index (χ0) is 30.3. The van der Waals surface area contributed by atoms with Crippen molar-refractivity contribution in [1.82, 2.24) is 10.6 Å². The van der Waals surface area contributed by atoms with Gasteiger partial charge < -0.3 is 10.6 Å². The Labute approximate surface area is 248 Å². The number of hydrogen-bond acceptors (Lipinski definition) is 5. The lowest BCUT2D eigenvalue weighted by atomic mass is 9.84. The zero-order valence-electron chi connectivity index (χ0n) is 24.4. The summed E-state index contributed by atoms with van der Waals surface area (Å²) in [6, 6.07) is 15.1. The van der Waals surface area contributed by atoms with Gasteiger partial charge in [-0.25, -0.2) is 0 Å². The van der Waals surface area contributed by atoms with E-state index < -0.39 is 27.7 Å². The maximum Gasteiger partial charge on any atom is 0.266 e. The summed E-state index contributed by atoms with van der Waals surface area (Å²) in [6.07, 6.45) is 11.9. The molecule has 2 aliphatic rings. The molecule has 222 valence electrons. The first-order valence-corrected chi connectivity index (χ1v) is 15.8. The molecule has 2 amide bonds. The van der Waals surface area contributed by atoms with Crippen LogP contribution >= 0.6 is 0 Å². The molecule has 8 nitrogen and oxygen atoms in total. The topological polar surface area (TPSA) is 125 Å². The Balaban J connectivity index is 1.50. The van der Waals surface area contributed by atoms with Crippen LogP contribution in [-0.4, -0.2) is 43.3 Å². The van der Waals surface area contributed by atoms with E-state index >= 15 is 0 Å². The van der Waals surface area contributed by atoms with Crippen molar-refractivity contribution in [2.24, 2.45) is 4.99 Å². The Kier molecular flexibility index (Phi) is 9.96. The van der Waals surface area contributed by atoms with E-state index in [4.69, 9.17) is 4.55 Å². The van der Waals surface area contributed by atoms with E-state index in [0.717, 1.165) is 42.5 Å². The number of rotatable bonds is 10. The van der Waals surface area contributed by atoms with E-state index in [0.29, 0.717) is 12.0 Å². The van der Waals surface area contributed by atoms with Crippen LogP contribution in [0.5, 0.6) is 0 Å². The highest BCUT2D eigenvalue weighted by Gasteiger charge is 2.24. The highest BCUT2D eigenvalue weighted by Crippen LogP contribution is 2.30. The van der Waals surface area contributed by atoms with Gasteiger partial charge in [-0.1, -0.05) is 63.2 Å². The summed E-state index contributed by atoms with van der Waals surface area (Å²) in [7, 11) is -4.15. The Morgan fingerprint density at radius 1 is 0.952 bits per heavy atom. The predicted octanol–water partition coefficient (Wildman–Crippen LogP) is 5.40. The summed E-state index contributed by atoms with van der Waals surface area (Å²) >= 11 is 0. The number of aliphatic imine (C=N–C) groups is 1. The maximum absolute atomic E-state index is 13.7. The summed E-state index contributed by atoms with van der Waals surface area (Å²) in [5.74, 6) is -1.53. The van der Waals surface area contributed by atoms with Gasteiger partial charge in [-0.15, -0.1) is 0 Å². The Morgan fingerprint density at radius 3 is 2.24 bits per heavy atom. The molecule has 0 spiro atoms. The maximum atomic E-state index is 13.7. The summed E-state index contributed by atoms with van der Waals surface area (Å²) in [6.45, 7) is 6.27. The second kappa shape index (κ2) is 13.4. The van der Waals surface area contributed by atoms with Crippen LogP contribution in [0.3, 0.4) is 0 Å². The number of nitrogens with zero attached hydrogens (tertiary/aromatic N) is 1. The minimum Gasteiger partial charge on any atom is -0.351 e. The van der Waals surface area contributed by atoms with Gasteiger partial charge in [0.15, 0.2) is 0 Å². The van der Waals surface area contributed by atoms with E-state index in [1.54, 1.807) is 24.3 Å². The number of benzene rings is 2. The number of carbonyl (C=O) groups excluding carboxylic acids is 2. The fraction of sp³-hybridized carbons (Fsp3) is 0.364. The first-order chi connectivity index (χ1) is 19.9. The number of nitrogens with one attached hydrogen (secondary N) is 2. The molecular formula is C33H39N3O5S. The molecule has 1 aliphatic heterocycles. The standard InChI is InChI=1S/C33H39N3O5S/c1-33(2,3)28-14-10-25(11-15-28)30(21-23-6-8-26(9-7-23)31(37)35-19-20-42(39,40)41)32(38)36-29-16-12-24(13-17-29)27-5-4-18-34-22-27/h6-12,14-16,18,22,30H,4-5,13,17,19-21H2,1-3H3,(H,35,37)(H,36,38)(H,39,40,41). The average Bonchev–Trinajstić information content (AvgIpc) is 2.96. The van der Waals surface area contributed by atoms with Crippen molar-refractivity contribution in [3.05, 3.63) is 106 Å². The molecule has 0 bridgehead atoms. The third-order valence-corrected chi connectivity index (χ3v) is 8.24. The van der Waals surface area contributed by atoms with Crippen LogP contribution in [0.15, 0.2) is 88.7 Å². The van der Waals surface area contributed by atoms with Crippen LogP contribution in [0.25, 0.3) is 0 Å². The van der Waals surface area contributed by atoms with Crippen molar-refractivity contribution in [3.8, 4) is 0 Å². The molecule has 2 aromatic rings. The third-order valence-electron chi connectivity index (χ3n) is 7.52. The zero-order valence-corrected chi connectivity index (χ0v) is 25.2. The molecule has 1 atom stereocenters. The average molecular weight is 590 g/mol.